The molecule has 26 heavy (non-hydrogen) atoms. The third-order valence-corrected chi connectivity index (χ3v) is 4.84. The van der Waals surface area contributed by atoms with E-state index in [1.165, 1.54) is 12.7 Å². The molecule has 0 radical (unpaired) electrons. The molecule has 0 bridgehead atoms. The lowest BCUT2D eigenvalue weighted by atomic mass is 9.96. The molecule has 2 aromatic rings. The summed E-state index contributed by atoms with van der Waals surface area (Å²) in [4.78, 5) is 26.1. The molecule has 1 aliphatic rings. The normalized spacial score (nSPS) is 15.9. The molecule has 0 aliphatic carbocycles. The largest absolute Gasteiger partial charge is 0.465 e. The van der Waals surface area contributed by atoms with Gasteiger partial charge in [0, 0.05) is 18.3 Å². The number of benzene rings is 2. The summed E-state index contributed by atoms with van der Waals surface area (Å²) >= 11 is 0. The number of para-hydroxylation sites is 1. The predicted molar refractivity (Wildman–Crippen MR) is 101 cm³/mol. The van der Waals surface area contributed by atoms with Gasteiger partial charge in [0.2, 0.25) is 5.91 Å². The minimum Gasteiger partial charge on any atom is -0.465 e. The number of ether oxygens (including phenoxy) is 1. The van der Waals surface area contributed by atoms with Crippen molar-refractivity contribution in [3.63, 3.8) is 0 Å². The molecule has 0 saturated carbocycles. The van der Waals surface area contributed by atoms with Crippen LogP contribution in [0, 0.1) is 0 Å². The van der Waals surface area contributed by atoms with Gasteiger partial charge in [-0.05, 0) is 49.1 Å². The number of anilines is 1. The summed E-state index contributed by atoms with van der Waals surface area (Å²) in [5.41, 5.74) is 3.90. The number of methoxy groups -OCH3 is 1. The van der Waals surface area contributed by atoms with Crippen molar-refractivity contribution in [2.75, 3.05) is 18.6 Å². The minimum absolute atomic E-state index is 0.00871. The van der Waals surface area contributed by atoms with E-state index >= 15 is 0 Å². The zero-order chi connectivity index (χ0) is 18.5. The fourth-order valence-corrected chi connectivity index (χ4v) is 3.29. The Morgan fingerprint density at radius 2 is 1.88 bits per heavy atom. The summed E-state index contributed by atoms with van der Waals surface area (Å²) in [6.45, 7) is 2.94. The lowest BCUT2D eigenvalue weighted by molar-refractivity contribution is -0.120. The number of carbonyl (C=O) groups excluding carboxylic acids is 2. The third kappa shape index (κ3) is 4.04. The molecule has 1 heterocycles. The monoisotopic (exact) mass is 352 g/mol. The second-order valence-corrected chi connectivity index (χ2v) is 6.61. The van der Waals surface area contributed by atoms with Crippen molar-refractivity contribution in [3.8, 4) is 0 Å². The first-order chi connectivity index (χ1) is 12.6. The van der Waals surface area contributed by atoms with Gasteiger partial charge in [-0.15, -0.1) is 0 Å². The molecule has 1 N–H and O–H groups in total. The molecule has 3 rings (SSSR count). The molecular formula is C21H24N2O3. The van der Waals surface area contributed by atoms with Crippen LogP contribution in [0.5, 0.6) is 0 Å². The zero-order valence-corrected chi connectivity index (χ0v) is 15.2. The van der Waals surface area contributed by atoms with Crippen molar-refractivity contribution < 1.29 is 14.3 Å². The molecule has 0 aromatic heterocycles. The van der Waals surface area contributed by atoms with Gasteiger partial charge in [-0.3, -0.25) is 4.79 Å². The second-order valence-electron chi connectivity index (χ2n) is 6.61. The lowest BCUT2D eigenvalue weighted by Gasteiger charge is -2.36. The van der Waals surface area contributed by atoms with Crippen molar-refractivity contribution in [1.82, 2.24) is 5.32 Å². The second kappa shape index (κ2) is 8.04. The fourth-order valence-electron chi connectivity index (χ4n) is 3.29. The molecule has 2 aromatic carbocycles. The number of hydrogen-bond acceptors (Lipinski definition) is 4. The van der Waals surface area contributed by atoms with Crippen molar-refractivity contribution in [2.45, 2.75) is 32.4 Å². The smallest absolute Gasteiger partial charge is 0.337 e. The van der Waals surface area contributed by atoms with Gasteiger partial charge in [0.15, 0.2) is 0 Å². The van der Waals surface area contributed by atoms with Crippen LogP contribution in [-0.2, 0) is 22.5 Å². The molecule has 5 nitrogen and oxygen atoms in total. The minimum atomic E-state index is -0.363. The van der Waals surface area contributed by atoms with Gasteiger partial charge in [-0.2, -0.15) is 0 Å². The lowest BCUT2D eigenvalue weighted by Crippen LogP contribution is -2.44. The van der Waals surface area contributed by atoms with Crippen LogP contribution in [0.25, 0.3) is 0 Å². The molecule has 1 amide bonds. The molecule has 5 heteroatoms. The fraction of sp³-hybridized carbons (Fsp3) is 0.333. The van der Waals surface area contributed by atoms with E-state index in [0.29, 0.717) is 24.7 Å². The third-order valence-electron chi connectivity index (χ3n) is 4.84. The first kappa shape index (κ1) is 18.0. The van der Waals surface area contributed by atoms with E-state index in [9.17, 15) is 9.59 Å². The van der Waals surface area contributed by atoms with Gasteiger partial charge in [0.25, 0.3) is 0 Å². The van der Waals surface area contributed by atoms with Gasteiger partial charge in [0.1, 0.15) is 0 Å². The Morgan fingerprint density at radius 3 is 2.62 bits per heavy atom. The standard InChI is InChI=1S/C21H24N2O3/c1-15-7-10-17-5-3-4-6-19(17)23(15)14-20(24)22-13-16-8-11-18(12-9-16)21(25)26-2/h3-6,8-9,11-12,15H,7,10,13-14H2,1-2H3,(H,22,24)/t15-/m1/s1. The van der Waals surface area contributed by atoms with Crippen LogP contribution in [0.15, 0.2) is 48.5 Å². The highest BCUT2D eigenvalue weighted by Crippen LogP contribution is 2.29. The average molecular weight is 352 g/mol. The number of amides is 1. The summed E-state index contributed by atoms with van der Waals surface area (Å²) in [6.07, 6.45) is 2.11. The van der Waals surface area contributed by atoms with Crippen LogP contribution >= 0.6 is 0 Å². The van der Waals surface area contributed by atoms with E-state index in [0.717, 1.165) is 24.1 Å². The van der Waals surface area contributed by atoms with Crippen LogP contribution in [0.1, 0.15) is 34.8 Å². The molecule has 136 valence electrons. The van der Waals surface area contributed by atoms with E-state index < -0.39 is 0 Å². The number of nitrogens with zero attached hydrogens (tertiary/aromatic N) is 1. The Labute approximate surface area is 154 Å². The number of fused-ring (bicyclic) bond motifs is 1. The van der Waals surface area contributed by atoms with Crippen molar-refractivity contribution in [3.05, 3.63) is 65.2 Å². The van der Waals surface area contributed by atoms with E-state index in [4.69, 9.17) is 0 Å². The summed E-state index contributed by atoms with van der Waals surface area (Å²) in [5.74, 6) is -0.371. The van der Waals surface area contributed by atoms with Crippen LogP contribution < -0.4 is 10.2 Å². The summed E-state index contributed by atoms with van der Waals surface area (Å²) in [7, 11) is 1.36. The number of nitrogens with one attached hydrogen (secondary N) is 1. The van der Waals surface area contributed by atoms with Crippen molar-refractivity contribution in [1.29, 1.82) is 0 Å². The number of aryl methyl sites for hydroxylation is 1. The molecule has 0 spiro atoms. The van der Waals surface area contributed by atoms with Gasteiger partial charge in [0.05, 0.1) is 19.2 Å². The topological polar surface area (TPSA) is 58.6 Å². The Balaban J connectivity index is 1.58. The first-order valence-corrected chi connectivity index (χ1v) is 8.87. The SMILES string of the molecule is COC(=O)c1ccc(CNC(=O)CN2c3ccccc3CC[C@H]2C)cc1. The molecule has 1 aliphatic heterocycles. The number of hydrogen-bond donors (Lipinski definition) is 1. The summed E-state index contributed by atoms with van der Waals surface area (Å²) in [6, 6.07) is 15.7. The van der Waals surface area contributed by atoms with Crippen molar-refractivity contribution >= 4 is 17.6 Å². The van der Waals surface area contributed by atoms with E-state index in [1.54, 1.807) is 12.1 Å². The van der Waals surface area contributed by atoms with Crippen LogP contribution in [0.2, 0.25) is 0 Å². The Kier molecular flexibility index (Phi) is 5.56. The number of esters is 1. The number of carbonyl (C=O) groups is 2. The van der Waals surface area contributed by atoms with Crippen LogP contribution in [0.4, 0.5) is 5.69 Å². The maximum Gasteiger partial charge on any atom is 0.337 e. The van der Waals surface area contributed by atoms with Gasteiger partial charge in [-0.1, -0.05) is 30.3 Å². The number of rotatable bonds is 5. The summed E-state index contributed by atoms with van der Waals surface area (Å²) in [5, 5.41) is 2.96. The Morgan fingerprint density at radius 1 is 1.15 bits per heavy atom. The quantitative estimate of drug-likeness (QED) is 0.841. The Hall–Kier alpha value is -2.82. The van der Waals surface area contributed by atoms with Gasteiger partial charge < -0.3 is 15.0 Å². The molecule has 1 atom stereocenters. The highest BCUT2D eigenvalue weighted by molar-refractivity contribution is 5.89. The maximum atomic E-state index is 12.4. The molecule has 0 saturated heterocycles. The molecule has 0 unspecified atom stereocenters. The van der Waals surface area contributed by atoms with Crippen LogP contribution in [0.3, 0.4) is 0 Å². The average Bonchev–Trinajstić information content (AvgIpc) is 2.68. The van der Waals surface area contributed by atoms with Gasteiger partial charge >= 0.3 is 5.97 Å². The van der Waals surface area contributed by atoms with Crippen LogP contribution in [-0.4, -0.2) is 31.6 Å². The molecular weight excluding hydrogens is 328 g/mol. The predicted octanol–water partition coefficient (Wildman–Crippen LogP) is 2.93. The molecule has 0 fully saturated rings. The van der Waals surface area contributed by atoms with E-state index in [2.05, 4.69) is 34.0 Å². The highest BCUT2D eigenvalue weighted by atomic mass is 16.5. The Bertz CT molecular complexity index is 786. The van der Waals surface area contributed by atoms with Gasteiger partial charge in [-0.25, -0.2) is 4.79 Å². The first-order valence-electron chi connectivity index (χ1n) is 8.87. The van der Waals surface area contributed by atoms with Crippen molar-refractivity contribution in [2.24, 2.45) is 0 Å². The summed E-state index contributed by atoms with van der Waals surface area (Å²) < 4.78 is 4.68. The van der Waals surface area contributed by atoms with E-state index in [1.807, 2.05) is 24.3 Å². The van der Waals surface area contributed by atoms with E-state index in [-0.39, 0.29) is 11.9 Å². The maximum absolute atomic E-state index is 12.4. The highest BCUT2D eigenvalue weighted by Gasteiger charge is 2.24. The zero-order valence-electron chi connectivity index (χ0n) is 15.2.